The second kappa shape index (κ2) is 5.77. The molecule has 1 aliphatic carbocycles. The molecule has 3 nitrogen and oxygen atoms in total. The van der Waals surface area contributed by atoms with Gasteiger partial charge in [-0.3, -0.25) is 4.90 Å². The highest BCUT2D eigenvalue weighted by Gasteiger charge is 2.30. The van der Waals surface area contributed by atoms with Crippen molar-refractivity contribution in [2.45, 2.75) is 31.3 Å². The Morgan fingerprint density at radius 3 is 2.81 bits per heavy atom. The normalized spacial score (nSPS) is 18.7. The second-order valence-corrected chi connectivity index (χ2v) is 5.29. The molecule has 4 heteroatoms. The molecule has 0 saturated heterocycles. The summed E-state index contributed by atoms with van der Waals surface area (Å²) in [4.78, 5) is 3.71. The van der Waals surface area contributed by atoms with E-state index in [1.54, 1.807) is 11.3 Å². The SMILES string of the molecule is NCC(c1cccs1)N(CCO)C1CCC1. The maximum atomic E-state index is 9.17. The minimum Gasteiger partial charge on any atom is -0.395 e. The summed E-state index contributed by atoms with van der Waals surface area (Å²) in [5, 5.41) is 11.3. The molecule has 2 rings (SSSR count). The Bertz CT molecular complexity index is 298. The van der Waals surface area contributed by atoms with E-state index >= 15 is 0 Å². The summed E-state index contributed by atoms with van der Waals surface area (Å²) in [6.07, 6.45) is 3.82. The summed E-state index contributed by atoms with van der Waals surface area (Å²) in [6.45, 7) is 1.60. The third-order valence-electron chi connectivity index (χ3n) is 3.40. The molecule has 1 aromatic heterocycles. The van der Waals surface area contributed by atoms with Gasteiger partial charge in [0.1, 0.15) is 0 Å². The first-order chi connectivity index (χ1) is 7.86. The Morgan fingerprint density at radius 2 is 2.38 bits per heavy atom. The number of aliphatic hydroxyl groups excluding tert-OH is 1. The van der Waals surface area contributed by atoms with Crippen LogP contribution in [0.25, 0.3) is 0 Å². The number of aliphatic hydroxyl groups is 1. The highest BCUT2D eigenvalue weighted by atomic mass is 32.1. The van der Waals surface area contributed by atoms with Gasteiger partial charge in [0, 0.05) is 24.0 Å². The molecule has 0 bridgehead atoms. The molecule has 1 unspecified atom stereocenters. The van der Waals surface area contributed by atoms with Crippen LogP contribution >= 0.6 is 11.3 Å². The molecule has 1 saturated carbocycles. The zero-order valence-corrected chi connectivity index (χ0v) is 10.3. The predicted molar refractivity (Wildman–Crippen MR) is 67.5 cm³/mol. The quantitative estimate of drug-likeness (QED) is 0.794. The lowest BCUT2D eigenvalue weighted by Crippen LogP contribution is -2.46. The summed E-state index contributed by atoms with van der Waals surface area (Å²) >= 11 is 1.76. The number of rotatable bonds is 6. The molecular formula is C12H20N2OS. The Labute approximate surface area is 101 Å². The largest absolute Gasteiger partial charge is 0.395 e. The number of nitrogens with two attached hydrogens (primary N) is 1. The van der Waals surface area contributed by atoms with E-state index < -0.39 is 0 Å². The van der Waals surface area contributed by atoms with E-state index in [0.29, 0.717) is 12.6 Å². The lowest BCUT2D eigenvalue weighted by Gasteiger charge is -2.41. The van der Waals surface area contributed by atoms with Crippen LogP contribution in [0.5, 0.6) is 0 Å². The highest BCUT2D eigenvalue weighted by Crippen LogP contribution is 2.33. The van der Waals surface area contributed by atoms with Crippen LogP contribution < -0.4 is 5.73 Å². The molecule has 0 radical (unpaired) electrons. The van der Waals surface area contributed by atoms with Crippen LogP contribution in [-0.2, 0) is 0 Å². The van der Waals surface area contributed by atoms with Gasteiger partial charge in [-0.2, -0.15) is 0 Å². The number of nitrogens with zero attached hydrogens (tertiary/aromatic N) is 1. The third-order valence-corrected chi connectivity index (χ3v) is 4.37. The average molecular weight is 240 g/mol. The maximum Gasteiger partial charge on any atom is 0.0567 e. The summed E-state index contributed by atoms with van der Waals surface area (Å²) in [5.74, 6) is 0. The molecule has 1 heterocycles. The van der Waals surface area contributed by atoms with E-state index in [2.05, 4.69) is 22.4 Å². The summed E-state index contributed by atoms with van der Waals surface area (Å²) in [5.41, 5.74) is 5.90. The molecule has 16 heavy (non-hydrogen) atoms. The summed E-state index contributed by atoms with van der Waals surface area (Å²) < 4.78 is 0. The fourth-order valence-corrected chi connectivity index (χ4v) is 3.18. The second-order valence-electron chi connectivity index (χ2n) is 4.31. The molecule has 1 aromatic rings. The van der Waals surface area contributed by atoms with Gasteiger partial charge in [0.2, 0.25) is 0 Å². The minimum absolute atomic E-state index is 0.221. The van der Waals surface area contributed by atoms with Crippen LogP contribution in [0.2, 0.25) is 0 Å². The molecule has 1 atom stereocenters. The van der Waals surface area contributed by atoms with Gasteiger partial charge in [0.25, 0.3) is 0 Å². The Balaban J connectivity index is 2.09. The number of hydrogen-bond donors (Lipinski definition) is 2. The highest BCUT2D eigenvalue weighted by molar-refractivity contribution is 7.10. The monoisotopic (exact) mass is 240 g/mol. The lowest BCUT2D eigenvalue weighted by atomic mass is 9.90. The zero-order chi connectivity index (χ0) is 11.4. The third kappa shape index (κ3) is 2.46. The first-order valence-corrected chi connectivity index (χ1v) is 6.85. The van der Waals surface area contributed by atoms with E-state index in [9.17, 15) is 0 Å². The van der Waals surface area contributed by atoms with Crippen LogP contribution in [0.1, 0.15) is 30.2 Å². The van der Waals surface area contributed by atoms with Gasteiger partial charge < -0.3 is 10.8 Å². The van der Waals surface area contributed by atoms with Crippen LogP contribution in [0, 0.1) is 0 Å². The molecule has 1 aliphatic rings. The lowest BCUT2D eigenvalue weighted by molar-refractivity contribution is 0.0636. The van der Waals surface area contributed by atoms with Crippen LogP contribution in [-0.4, -0.2) is 35.7 Å². The van der Waals surface area contributed by atoms with E-state index in [4.69, 9.17) is 10.8 Å². The van der Waals surface area contributed by atoms with E-state index in [0.717, 1.165) is 6.54 Å². The molecular weight excluding hydrogens is 220 g/mol. The van der Waals surface area contributed by atoms with Crippen molar-refractivity contribution in [1.29, 1.82) is 0 Å². The van der Waals surface area contributed by atoms with E-state index in [1.807, 2.05) is 0 Å². The van der Waals surface area contributed by atoms with Crippen LogP contribution in [0.4, 0.5) is 0 Å². The Morgan fingerprint density at radius 1 is 1.56 bits per heavy atom. The smallest absolute Gasteiger partial charge is 0.0567 e. The molecule has 1 fully saturated rings. The van der Waals surface area contributed by atoms with Gasteiger partial charge >= 0.3 is 0 Å². The van der Waals surface area contributed by atoms with Gasteiger partial charge in [-0.1, -0.05) is 12.5 Å². The van der Waals surface area contributed by atoms with E-state index in [1.165, 1.54) is 24.1 Å². The minimum atomic E-state index is 0.221. The van der Waals surface area contributed by atoms with Gasteiger partial charge in [0.05, 0.1) is 12.6 Å². The standard InChI is InChI=1S/C12H20N2OS/c13-9-11(12-5-2-8-16-12)14(6-7-15)10-3-1-4-10/h2,5,8,10-11,15H,1,3-4,6-7,9,13H2. The molecule has 0 aliphatic heterocycles. The van der Waals surface area contributed by atoms with Crippen molar-refractivity contribution in [3.8, 4) is 0 Å². The molecule has 0 amide bonds. The van der Waals surface area contributed by atoms with Crippen molar-refractivity contribution in [2.24, 2.45) is 5.73 Å². The Kier molecular flexibility index (Phi) is 4.35. The molecule has 3 N–H and O–H groups in total. The number of thiophene rings is 1. The fourth-order valence-electron chi connectivity index (χ4n) is 2.32. The van der Waals surface area contributed by atoms with Gasteiger partial charge in [-0.25, -0.2) is 0 Å². The van der Waals surface area contributed by atoms with Crippen LogP contribution in [0.3, 0.4) is 0 Å². The van der Waals surface area contributed by atoms with Crippen molar-refractivity contribution in [1.82, 2.24) is 4.90 Å². The molecule has 0 spiro atoms. The topological polar surface area (TPSA) is 49.5 Å². The average Bonchev–Trinajstić information content (AvgIpc) is 2.70. The summed E-state index contributed by atoms with van der Waals surface area (Å²) in [6, 6.07) is 5.13. The van der Waals surface area contributed by atoms with Crippen molar-refractivity contribution >= 4 is 11.3 Å². The Hall–Kier alpha value is -0.420. The fraction of sp³-hybridized carbons (Fsp3) is 0.667. The van der Waals surface area contributed by atoms with Gasteiger partial charge in [-0.15, -0.1) is 11.3 Å². The first-order valence-electron chi connectivity index (χ1n) is 5.97. The van der Waals surface area contributed by atoms with Crippen molar-refractivity contribution in [2.75, 3.05) is 19.7 Å². The van der Waals surface area contributed by atoms with Crippen LogP contribution in [0.15, 0.2) is 17.5 Å². The maximum absolute atomic E-state index is 9.17. The van der Waals surface area contributed by atoms with Crippen molar-refractivity contribution in [3.63, 3.8) is 0 Å². The predicted octanol–water partition coefficient (Wildman–Crippen LogP) is 1.59. The van der Waals surface area contributed by atoms with E-state index in [-0.39, 0.29) is 12.6 Å². The molecule has 90 valence electrons. The van der Waals surface area contributed by atoms with Gasteiger partial charge in [-0.05, 0) is 24.3 Å². The first kappa shape index (κ1) is 12.0. The van der Waals surface area contributed by atoms with Gasteiger partial charge in [0.15, 0.2) is 0 Å². The summed E-state index contributed by atoms with van der Waals surface area (Å²) in [7, 11) is 0. The zero-order valence-electron chi connectivity index (χ0n) is 9.51. The van der Waals surface area contributed by atoms with Crippen molar-refractivity contribution in [3.05, 3.63) is 22.4 Å². The van der Waals surface area contributed by atoms with Crippen molar-refractivity contribution < 1.29 is 5.11 Å². The number of hydrogen-bond acceptors (Lipinski definition) is 4. The molecule has 0 aromatic carbocycles.